The Labute approximate surface area is 156 Å². The summed E-state index contributed by atoms with van der Waals surface area (Å²) in [5, 5.41) is 2.94. The Kier molecular flexibility index (Phi) is 4.99. The Morgan fingerprint density at radius 1 is 1.23 bits per heavy atom. The number of hydrogen-bond donors (Lipinski definition) is 1. The van der Waals surface area contributed by atoms with Gasteiger partial charge >= 0.3 is 0 Å². The quantitative estimate of drug-likeness (QED) is 0.720. The zero-order valence-electron chi connectivity index (χ0n) is 14.8. The minimum Gasteiger partial charge on any atom is -0.456 e. The van der Waals surface area contributed by atoms with Crippen LogP contribution in [0.15, 0.2) is 28.7 Å². The Hall–Kier alpha value is -2.25. The van der Waals surface area contributed by atoms with Gasteiger partial charge in [-0.3, -0.25) is 9.69 Å². The van der Waals surface area contributed by atoms with E-state index in [4.69, 9.17) is 4.42 Å². The molecular weight excluding hydrogens is 348 g/mol. The summed E-state index contributed by atoms with van der Waals surface area (Å²) < 4.78 is 14.2. The van der Waals surface area contributed by atoms with E-state index in [2.05, 4.69) is 25.9 Å². The molecule has 7 heteroatoms. The van der Waals surface area contributed by atoms with Crippen LogP contribution in [0.1, 0.15) is 47.2 Å². The van der Waals surface area contributed by atoms with Gasteiger partial charge in [-0.25, -0.2) is 0 Å². The number of rotatable bonds is 6. The number of aryl methyl sites for hydroxylation is 1. The summed E-state index contributed by atoms with van der Waals surface area (Å²) in [4.78, 5) is 14.9. The molecule has 0 bridgehead atoms. The predicted octanol–water partition coefficient (Wildman–Crippen LogP) is 3.37. The summed E-state index contributed by atoms with van der Waals surface area (Å²) in [6, 6.07) is 7.75. The van der Waals surface area contributed by atoms with Crippen LogP contribution in [-0.2, 0) is 19.5 Å². The van der Waals surface area contributed by atoms with Gasteiger partial charge in [0.25, 0.3) is 5.91 Å². The lowest BCUT2D eigenvalue weighted by Crippen LogP contribution is -2.22. The number of benzene rings is 1. The number of nitrogens with one attached hydrogen (secondary N) is 1. The first-order valence-corrected chi connectivity index (χ1v) is 9.79. The molecule has 136 valence electrons. The highest BCUT2D eigenvalue weighted by molar-refractivity contribution is 7.00. The van der Waals surface area contributed by atoms with Gasteiger partial charge in [-0.05, 0) is 49.7 Å². The minimum absolute atomic E-state index is 0.177. The van der Waals surface area contributed by atoms with Gasteiger partial charge in [-0.1, -0.05) is 13.0 Å². The second kappa shape index (κ2) is 7.55. The molecule has 0 unspecified atom stereocenters. The van der Waals surface area contributed by atoms with Crippen LogP contribution in [-0.4, -0.2) is 32.6 Å². The fourth-order valence-corrected chi connectivity index (χ4v) is 3.92. The van der Waals surface area contributed by atoms with Gasteiger partial charge in [-0.2, -0.15) is 8.75 Å². The summed E-state index contributed by atoms with van der Waals surface area (Å²) in [7, 11) is 0. The first-order valence-electron chi connectivity index (χ1n) is 9.06. The van der Waals surface area contributed by atoms with E-state index in [-0.39, 0.29) is 5.91 Å². The monoisotopic (exact) mass is 370 g/mol. The summed E-state index contributed by atoms with van der Waals surface area (Å²) in [6.45, 7) is 5.63. The van der Waals surface area contributed by atoms with Crippen LogP contribution >= 0.6 is 11.7 Å². The highest BCUT2D eigenvalue weighted by Crippen LogP contribution is 2.21. The van der Waals surface area contributed by atoms with E-state index < -0.39 is 0 Å². The molecule has 0 saturated carbocycles. The predicted molar refractivity (Wildman–Crippen MR) is 101 cm³/mol. The Balaban J connectivity index is 1.42. The molecule has 0 radical (unpaired) electrons. The maximum Gasteiger partial charge on any atom is 0.287 e. The Morgan fingerprint density at radius 2 is 2.04 bits per heavy atom. The van der Waals surface area contributed by atoms with Gasteiger partial charge in [0.15, 0.2) is 5.76 Å². The number of amides is 1. The van der Waals surface area contributed by atoms with Crippen LogP contribution in [0.5, 0.6) is 0 Å². The van der Waals surface area contributed by atoms with E-state index in [0.29, 0.717) is 12.3 Å². The minimum atomic E-state index is -0.177. The summed E-state index contributed by atoms with van der Waals surface area (Å²) in [5.41, 5.74) is 3.88. The second-order valence-electron chi connectivity index (χ2n) is 6.67. The van der Waals surface area contributed by atoms with Gasteiger partial charge in [-0.15, -0.1) is 0 Å². The molecule has 1 aliphatic rings. The molecule has 1 saturated heterocycles. The number of hydrogen-bond acceptors (Lipinski definition) is 6. The van der Waals surface area contributed by atoms with E-state index >= 15 is 0 Å². The van der Waals surface area contributed by atoms with Crippen LogP contribution in [0.25, 0.3) is 11.0 Å². The number of furan rings is 1. The molecule has 2 aromatic heterocycles. The molecule has 1 aliphatic heterocycles. The summed E-state index contributed by atoms with van der Waals surface area (Å²) >= 11 is 1.20. The lowest BCUT2D eigenvalue weighted by atomic mass is 10.2. The second-order valence-corrected chi connectivity index (χ2v) is 7.19. The number of likely N-dealkylation sites (tertiary alicyclic amines) is 1. The standard InChI is InChI=1S/C19H22N4O2S/c1-2-17-14(12-23-7-3-4-8-23)10-18(25-17)19(24)20-11-13-5-6-15-16(9-13)22-26-21-15/h5-6,9-10H,2-4,7-8,11-12H2,1H3,(H,20,24). The number of aromatic nitrogens is 2. The van der Waals surface area contributed by atoms with Crippen molar-refractivity contribution in [2.45, 2.75) is 39.3 Å². The van der Waals surface area contributed by atoms with Gasteiger partial charge < -0.3 is 9.73 Å². The van der Waals surface area contributed by atoms with Crippen molar-refractivity contribution in [1.82, 2.24) is 19.0 Å². The maximum atomic E-state index is 12.5. The molecular formula is C19H22N4O2S. The SMILES string of the molecule is CCc1oc(C(=O)NCc2ccc3nsnc3c2)cc1CN1CCCC1. The average Bonchev–Trinajstić information content (AvgIpc) is 3.40. The van der Waals surface area contributed by atoms with Crippen LogP contribution in [0.4, 0.5) is 0 Å². The van der Waals surface area contributed by atoms with Crippen molar-refractivity contribution in [3.8, 4) is 0 Å². The van der Waals surface area contributed by atoms with Crippen LogP contribution in [0, 0.1) is 0 Å². The topological polar surface area (TPSA) is 71.3 Å². The van der Waals surface area contributed by atoms with Crippen LogP contribution < -0.4 is 5.32 Å². The third-order valence-electron chi connectivity index (χ3n) is 4.81. The molecule has 4 rings (SSSR count). The van der Waals surface area contributed by atoms with Crippen molar-refractivity contribution in [1.29, 1.82) is 0 Å². The molecule has 3 heterocycles. The van der Waals surface area contributed by atoms with Gasteiger partial charge in [0.05, 0.1) is 11.7 Å². The largest absolute Gasteiger partial charge is 0.456 e. The highest BCUT2D eigenvalue weighted by Gasteiger charge is 2.19. The molecule has 0 aliphatic carbocycles. The number of carbonyl (C=O) groups is 1. The molecule has 0 atom stereocenters. The van der Waals surface area contributed by atoms with Crippen molar-refractivity contribution in [2.24, 2.45) is 0 Å². The number of carbonyl (C=O) groups excluding carboxylic acids is 1. The zero-order valence-corrected chi connectivity index (χ0v) is 15.6. The van der Waals surface area contributed by atoms with Crippen molar-refractivity contribution in [3.63, 3.8) is 0 Å². The zero-order chi connectivity index (χ0) is 17.9. The van der Waals surface area contributed by atoms with Gasteiger partial charge in [0.2, 0.25) is 0 Å². The van der Waals surface area contributed by atoms with E-state index in [0.717, 1.165) is 54.0 Å². The fraction of sp³-hybridized carbons (Fsp3) is 0.421. The normalized spacial score (nSPS) is 15.0. The van der Waals surface area contributed by atoms with E-state index in [1.165, 1.54) is 24.6 Å². The molecule has 26 heavy (non-hydrogen) atoms. The van der Waals surface area contributed by atoms with Crippen molar-refractivity contribution in [2.75, 3.05) is 13.1 Å². The number of fused-ring (bicyclic) bond motifs is 1. The van der Waals surface area contributed by atoms with Crippen molar-refractivity contribution in [3.05, 3.63) is 46.9 Å². The van der Waals surface area contributed by atoms with Crippen molar-refractivity contribution >= 4 is 28.7 Å². The Bertz CT molecular complexity index is 911. The Morgan fingerprint density at radius 3 is 2.85 bits per heavy atom. The summed E-state index contributed by atoms with van der Waals surface area (Å²) in [6.07, 6.45) is 3.31. The third-order valence-corrected chi connectivity index (χ3v) is 5.36. The first-order chi connectivity index (χ1) is 12.7. The van der Waals surface area contributed by atoms with Crippen LogP contribution in [0.2, 0.25) is 0 Å². The van der Waals surface area contributed by atoms with Gasteiger partial charge in [0.1, 0.15) is 16.8 Å². The molecule has 1 N–H and O–H groups in total. The average molecular weight is 370 g/mol. The molecule has 3 aromatic rings. The third kappa shape index (κ3) is 3.64. The maximum absolute atomic E-state index is 12.5. The lowest BCUT2D eigenvalue weighted by molar-refractivity contribution is 0.0921. The summed E-state index contributed by atoms with van der Waals surface area (Å²) in [5.74, 6) is 1.13. The van der Waals surface area contributed by atoms with Gasteiger partial charge in [0, 0.05) is 25.1 Å². The first kappa shape index (κ1) is 17.2. The molecule has 1 aromatic carbocycles. The van der Waals surface area contributed by atoms with Crippen molar-refractivity contribution < 1.29 is 9.21 Å². The molecule has 6 nitrogen and oxygen atoms in total. The highest BCUT2D eigenvalue weighted by atomic mass is 32.1. The van der Waals surface area contributed by atoms with Crippen LogP contribution in [0.3, 0.4) is 0 Å². The molecule has 0 spiro atoms. The number of nitrogens with zero attached hydrogens (tertiary/aromatic N) is 3. The molecule has 1 fully saturated rings. The molecule has 1 amide bonds. The van der Waals surface area contributed by atoms with E-state index in [9.17, 15) is 4.79 Å². The lowest BCUT2D eigenvalue weighted by Gasteiger charge is -2.13. The van der Waals surface area contributed by atoms with E-state index in [1.807, 2.05) is 24.3 Å². The van der Waals surface area contributed by atoms with E-state index in [1.54, 1.807) is 0 Å². The smallest absolute Gasteiger partial charge is 0.287 e. The fourth-order valence-electron chi connectivity index (χ4n) is 3.40.